The molecule has 0 aromatic heterocycles. The van der Waals surface area contributed by atoms with Gasteiger partial charge in [-0.2, -0.15) is 0 Å². The van der Waals surface area contributed by atoms with Gasteiger partial charge in [0.15, 0.2) is 17.3 Å². The summed E-state index contributed by atoms with van der Waals surface area (Å²) < 4.78 is 11.9. The fourth-order valence-electron chi connectivity index (χ4n) is 4.92. The maximum atomic E-state index is 13.7. The molecule has 2 aliphatic rings. The van der Waals surface area contributed by atoms with Crippen molar-refractivity contribution in [2.24, 2.45) is 0 Å². The molecule has 2 N–H and O–H groups in total. The van der Waals surface area contributed by atoms with E-state index >= 15 is 0 Å². The molecule has 5 nitrogen and oxygen atoms in total. The summed E-state index contributed by atoms with van der Waals surface area (Å²) in [7, 11) is 3.23. The number of Topliss-reactive ketones (excluding diaryl/α,β-unsaturated/α-hetero) is 1. The highest BCUT2D eigenvalue weighted by Gasteiger charge is 2.36. The molecule has 0 radical (unpaired) electrons. The van der Waals surface area contributed by atoms with Crippen LogP contribution >= 0.6 is 15.9 Å². The van der Waals surface area contributed by atoms with Gasteiger partial charge in [-0.25, -0.2) is 0 Å². The van der Waals surface area contributed by atoms with E-state index in [2.05, 4.69) is 57.8 Å². The lowest BCUT2D eigenvalue weighted by Gasteiger charge is -2.30. The van der Waals surface area contributed by atoms with Crippen LogP contribution in [-0.2, 0) is 4.79 Å². The number of benzene rings is 3. The minimum Gasteiger partial charge on any atom is -0.493 e. The molecule has 1 aliphatic carbocycles. The highest BCUT2D eigenvalue weighted by atomic mass is 79.9. The third-order valence-corrected chi connectivity index (χ3v) is 7.24. The van der Waals surface area contributed by atoms with Crippen molar-refractivity contribution in [3.8, 4) is 11.5 Å². The van der Waals surface area contributed by atoms with E-state index in [1.165, 1.54) is 11.1 Å². The van der Waals surface area contributed by atoms with Crippen molar-refractivity contribution in [1.29, 1.82) is 0 Å². The first-order chi connectivity index (χ1) is 16.5. The first kappa shape index (κ1) is 22.5. The molecule has 5 rings (SSSR count). The van der Waals surface area contributed by atoms with Gasteiger partial charge in [0.1, 0.15) is 0 Å². The van der Waals surface area contributed by atoms with Crippen LogP contribution in [0.5, 0.6) is 11.5 Å². The molecule has 0 amide bonds. The Morgan fingerprint density at radius 1 is 0.912 bits per heavy atom. The highest BCUT2D eigenvalue weighted by molar-refractivity contribution is 9.10. The van der Waals surface area contributed by atoms with Gasteiger partial charge in [-0.05, 0) is 70.6 Å². The number of hydrogen-bond acceptors (Lipinski definition) is 5. The Morgan fingerprint density at radius 3 is 2.35 bits per heavy atom. The van der Waals surface area contributed by atoms with Crippen molar-refractivity contribution in [2.45, 2.75) is 31.7 Å². The summed E-state index contributed by atoms with van der Waals surface area (Å²) in [5.41, 5.74) is 7.01. The molecule has 0 unspecified atom stereocenters. The zero-order valence-electron chi connectivity index (χ0n) is 19.4. The molecular formula is C28H27BrN2O3. The number of ketones is 1. The summed E-state index contributed by atoms with van der Waals surface area (Å²) in [4.78, 5) is 13.7. The smallest absolute Gasteiger partial charge is 0.174 e. The maximum Gasteiger partial charge on any atom is 0.174 e. The van der Waals surface area contributed by atoms with Gasteiger partial charge in [-0.1, -0.05) is 42.0 Å². The molecule has 34 heavy (non-hydrogen) atoms. The van der Waals surface area contributed by atoms with Gasteiger partial charge in [-0.15, -0.1) is 0 Å². The van der Waals surface area contributed by atoms with Gasteiger partial charge in [0.2, 0.25) is 0 Å². The molecule has 3 aromatic rings. The van der Waals surface area contributed by atoms with E-state index in [-0.39, 0.29) is 17.7 Å². The summed E-state index contributed by atoms with van der Waals surface area (Å²) in [6, 6.07) is 20.2. The number of anilines is 2. The number of halogens is 1. The number of methoxy groups -OCH3 is 2. The van der Waals surface area contributed by atoms with E-state index in [0.29, 0.717) is 17.9 Å². The highest BCUT2D eigenvalue weighted by Crippen LogP contribution is 2.46. The number of para-hydroxylation sites is 2. The van der Waals surface area contributed by atoms with Gasteiger partial charge in [0.25, 0.3) is 0 Å². The second-order valence-electron chi connectivity index (χ2n) is 8.82. The number of rotatable bonds is 4. The number of nitrogens with one attached hydrogen (secondary N) is 2. The Hall–Kier alpha value is -3.25. The average molecular weight is 519 g/mol. The van der Waals surface area contributed by atoms with Crippen molar-refractivity contribution in [1.82, 2.24) is 0 Å². The molecule has 0 bridgehead atoms. The third-order valence-electron chi connectivity index (χ3n) is 6.65. The number of ether oxygens (including phenoxy) is 2. The van der Waals surface area contributed by atoms with Crippen LogP contribution in [0.2, 0.25) is 0 Å². The van der Waals surface area contributed by atoms with Crippen molar-refractivity contribution in [3.63, 3.8) is 0 Å². The quantitative estimate of drug-likeness (QED) is 0.399. The van der Waals surface area contributed by atoms with Gasteiger partial charge in [-0.3, -0.25) is 4.79 Å². The Balaban J connectivity index is 1.63. The Labute approximate surface area is 208 Å². The minimum atomic E-state index is -0.325. The number of carbonyl (C=O) groups excluding carboxylic acids is 1. The van der Waals surface area contributed by atoms with Crippen molar-refractivity contribution >= 4 is 33.1 Å². The molecule has 6 heteroatoms. The predicted molar refractivity (Wildman–Crippen MR) is 139 cm³/mol. The number of hydrogen-bond donors (Lipinski definition) is 2. The molecule has 174 valence electrons. The average Bonchev–Trinajstić information content (AvgIpc) is 3.01. The Bertz CT molecular complexity index is 1280. The van der Waals surface area contributed by atoms with Crippen LogP contribution in [0.4, 0.5) is 11.4 Å². The van der Waals surface area contributed by atoms with Crippen LogP contribution in [-0.4, -0.2) is 20.0 Å². The summed E-state index contributed by atoms with van der Waals surface area (Å²) in [5, 5.41) is 7.22. The molecule has 0 saturated carbocycles. The Morgan fingerprint density at radius 2 is 1.65 bits per heavy atom. The van der Waals surface area contributed by atoms with Crippen LogP contribution in [0.15, 0.2) is 76.4 Å². The van der Waals surface area contributed by atoms with E-state index < -0.39 is 0 Å². The lowest BCUT2D eigenvalue weighted by atomic mass is 9.78. The molecule has 0 spiro atoms. The fraction of sp³-hybridized carbons (Fsp3) is 0.250. The van der Waals surface area contributed by atoms with E-state index in [1.807, 2.05) is 36.4 Å². The number of aryl methyl sites for hydroxylation is 1. The topological polar surface area (TPSA) is 59.6 Å². The number of allylic oxidation sites excluding steroid dienone is 1. The monoisotopic (exact) mass is 518 g/mol. The summed E-state index contributed by atoms with van der Waals surface area (Å²) in [6.07, 6.45) is 1.25. The minimum absolute atomic E-state index is 0.141. The number of fused-ring (bicyclic) bond motifs is 1. The van der Waals surface area contributed by atoms with Crippen LogP contribution in [0.1, 0.15) is 41.5 Å². The lowest BCUT2D eigenvalue weighted by molar-refractivity contribution is -0.116. The van der Waals surface area contributed by atoms with Crippen LogP contribution in [0.3, 0.4) is 0 Å². The van der Waals surface area contributed by atoms with Gasteiger partial charge < -0.3 is 20.1 Å². The maximum absolute atomic E-state index is 13.7. The molecular weight excluding hydrogens is 492 g/mol. The summed E-state index contributed by atoms with van der Waals surface area (Å²) in [5.74, 6) is 1.53. The van der Waals surface area contributed by atoms with Crippen LogP contribution in [0.25, 0.3) is 0 Å². The third kappa shape index (κ3) is 4.07. The molecule has 1 heterocycles. The second-order valence-corrected chi connectivity index (χ2v) is 9.67. The lowest BCUT2D eigenvalue weighted by Crippen LogP contribution is -2.27. The first-order valence-electron chi connectivity index (χ1n) is 11.3. The van der Waals surface area contributed by atoms with E-state index in [4.69, 9.17) is 9.47 Å². The normalized spacial score (nSPS) is 19.4. The zero-order valence-corrected chi connectivity index (χ0v) is 21.0. The molecule has 0 fully saturated rings. The van der Waals surface area contributed by atoms with Gasteiger partial charge in [0.05, 0.1) is 36.1 Å². The van der Waals surface area contributed by atoms with Crippen molar-refractivity contribution < 1.29 is 14.3 Å². The van der Waals surface area contributed by atoms with Crippen molar-refractivity contribution in [2.75, 3.05) is 24.9 Å². The molecule has 0 saturated heterocycles. The SMILES string of the molecule is COc1cc([C@H]2Nc3ccccc3NC3=C2C(=O)C[C@@H](c2ccc(C)cc2)C3)cc(Br)c1OC. The fourth-order valence-corrected chi connectivity index (χ4v) is 5.54. The van der Waals surface area contributed by atoms with E-state index in [0.717, 1.165) is 39.1 Å². The van der Waals surface area contributed by atoms with Crippen LogP contribution < -0.4 is 20.1 Å². The summed E-state index contributed by atoms with van der Waals surface area (Å²) >= 11 is 3.62. The van der Waals surface area contributed by atoms with Gasteiger partial charge >= 0.3 is 0 Å². The largest absolute Gasteiger partial charge is 0.493 e. The number of carbonyl (C=O) groups is 1. The first-order valence-corrected chi connectivity index (χ1v) is 12.1. The zero-order chi connectivity index (χ0) is 23.8. The second kappa shape index (κ2) is 9.18. The standard InChI is InChI=1S/C28H27BrN2O3/c1-16-8-10-17(11-9-16)18-13-23-26(24(32)14-18)27(31-22-7-5-4-6-21(22)30-23)19-12-20(29)28(34-3)25(15-19)33-2/h4-12,15,18,27,30-31H,13-14H2,1-3H3/t18-,27+/m0/s1. The summed E-state index contributed by atoms with van der Waals surface area (Å²) in [6.45, 7) is 2.08. The van der Waals surface area contributed by atoms with Crippen LogP contribution in [0, 0.1) is 6.92 Å². The van der Waals surface area contributed by atoms with Gasteiger partial charge in [0, 0.05) is 17.7 Å². The van der Waals surface area contributed by atoms with E-state index in [9.17, 15) is 4.79 Å². The molecule has 2 atom stereocenters. The Kier molecular flexibility index (Phi) is 6.09. The predicted octanol–water partition coefficient (Wildman–Crippen LogP) is 6.75. The van der Waals surface area contributed by atoms with E-state index in [1.54, 1.807) is 14.2 Å². The molecule has 3 aromatic carbocycles. The van der Waals surface area contributed by atoms with Crippen molar-refractivity contribution in [3.05, 3.63) is 93.1 Å². The molecule has 1 aliphatic heterocycles.